The quantitative estimate of drug-likeness (QED) is 0.811. The molecule has 0 aliphatic carbocycles. The summed E-state index contributed by atoms with van der Waals surface area (Å²) >= 11 is 0. The standard InChI is InChI=1S/C10H14F3NO3/c1-6(2)7(15)14-4-3-9(5-14,8(16)17)10(11,12)13/h6H,3-5H2,1-2H3,(H,16,17). The maximum absolute atomic E-state index is 12.8. The number of amides is 1. The van der Waals surface area contributed by atoms with Crippen LogP contribution in [-0.2, 0) is 9.59 Å². The lowest BCUT2D eigenvalue weighted by atomic mass is 9.86. The van der Waals surface area contributed by atoms with E-state index < -0.39 is 42.4 Å². The fraction of sp³-hybridized carbons (Fsp3) is 0.800. The summed E-state index contributed by atoms with van der Waals surface area (Å²) in [5.74, 6) is -2.80. The van der Waals surface area contributed by atoms with Crippen LogP contribution >= 0.6 is 0 Å². The molecule has 0 aromatic rings. The summed E-state index contributed by atoms with van der Waals surface area (Å²) in [7, 11) is 0. The number of alkyl halides is 3. The molecule has 1 aliphatic rings. The second-order valence-electron chi connectivity index (χ2n) is 4.55. The zero-order chi connectivity index (χ0) is 13.4. The first-order chi connectivity index (χ1) is 7.62. The topological polar surface area (TPSA) is 57.6 Å². The van der Waals surface area contributed by atoms with Gasteiger partial charge in [-0.3, -0.25) is 9.59 Å². The van der Waals surface area contributed by atoms with Gasteiger partial charge >= 0.3 is 12.1 Å². The summed E-state index contributed by atoms with van der Waals surface area (Å²) in [4.78, 5) is 23.4. The van der Waals surface area contributed by atoms with Crippen LogP contribution in [0.5, 0.6) is 0 Å². The van der Waals surface area contributed by atoms with Crippen LogP contribution in [0.2, 0.25) is 0 Å². The summed E-state index contributed by atoms with van der Waals surface area (Å²) in [6.45, 7) is 2.18. The van der Waals surface area contributed by atoms with E-state index in [9.17, 15) is 22.8 Å². The van der Waals surface area contributed by atoms with Gasteiger partial charge in [0.05, 0.1) is 0 Å². The Hall–Kier alpha value is -1.27. The van der Waals surface area contributed by atoms with Crippen LogP contribution in [0.4, 0.5) is 13.2 Å². The van der Waals surface area contributed by atoms with Crippen LogP contribution in [0.15, 0.2) is 0 Å². The molecule has 1 aliphatic heterocycles. The molecule has 98 valence electrons. The van der Waals surface area contributed by atoms with E-state index >= 15 is 0 Å². The van der Waals surface area contributed by atoms with Crippen LogP contribution in [0.25, 0.3) is 0 Å². The normalized spacial score (nSPS) is 25.4. The minimum absolute atomic E-state index is 0.164. The molecule has 0 bridgehead atoms. The second-order valence-corrected chi connectivity index (χ2v) is 4.55. The number of rotatable bonds is 2. The number of nitrogens with zero attached hydrogens (tertiary/aromatic N) is 1. The Bertz CT molecular complexity index is 340. The molecule has 4 nitrogen and oxygen atoms in total. The molecule has 1 heterocycles. The van der Waals surface area contributed by atoms with Gasteiger partial charge in [0.2, 0.25) is 5.91 Å². The van der Waals surface area contributed by atoms with Crippen LogP contribution in [0, 0.1) is 11.3 Å². The number of carboxylic acid groups (broad SMARTS) is 1. The molecule has 0 spiro atoms. The van der Waals surface area contributed by atoms with Crippen molar-refractivity contribution in [3.8, 4) is 0 Å². The fourth-order valence-electron chi connectivity index (χ4n) is 1.89. The van der Waals surface area contributed by atoms with E-state index in [2.05, 4.69) is 0 Å². The van der Waals surface area contributed by atoms with Gasteiger partial charge in [-0.15, -0.1) is 0 Å². The predicted octanol–water partition coefficient (Wildman–Crippen LogP) is 1.51. The molecule has 0 aromatic carbocycles. The SMILES string of the molecule is CC(C)C(=O)N1CCC(C(=O)O)(C(F)(F)F)C1. The Morgan fingerprint density at radius 1 is 1.35 bits per heavy atom. The number of hydrogen-bond acceptors (Lipinski definition) is 2. The van der Waals surface area contributed by atoms with Gasteiger partial charge in [-0.05, 0) is 6.42 Å². The molecule has 1 atom stereocenters. The number of carbonyl (C=O) groups excluding carboxylic acids is 1. The molecule has 1 saturated heterocycles. The van der Waals surface area contributed by atoms with Crippen LogP contribution < -0.4 is 0 Å². The number of carbonyl (C=O) groups is 2. The number of carboxylic acids is 1. The van der Waals surface area contributed by atoms with E-state index in [4.69, 9.17) is 5.11 Å². The van der Waals surface area contributed by atoms with E-state index in [1.54, 1.807) is 13.8 Å². The van der Waals surface area contributed by atoms with Gasteiger partial charge in [0, 0.05) is 19.0 Å². The highest BCUT2D eigenvalue weighted by molar-refractivity contribution is 5.82. The first-order valence-corrected chi connectivity index (χ1v) is 5.21. The van der Waals surface area contributed by atoms with Crippen molar-refractivity contribution in [1.29, 1.82) is 0 Å². The Kier molecular flexibility index (Phi) is 3.40. The fourth-order valence-corrected chi connectivity index (χ4v) is 1.89. The van der Waals surface area contributed by atoms with E-state index in [-0.39, 0.29) is 6.54 Å². The Morgan fingerprint density at radius 3 is 2.18 bits per heavy atom. The number of halogens is 3. The van der Waals surface area contributed by atoms with Crippen molar-refractivity contribution in [2.75, 3.05) is 13.1 Å². The third-order valence-electron chi connectivity index (χ3n) is 3.03. The van der Waals surface area contributed by atoms with Crippen LogP contribution in [0.1, 0.15) is 20.3 Å². The van der Waals surface area contributed by atoms with Gasteiger partial charge in [-0.25, -0.2) is 0 Å². The molecule has 7 heteroatoms. The Labute approximate surface area is 96.4 Å². The van der Waals surface area contributed by atoms with Crippen molar-refractivity contribution in [3.63, 3.8) is 0 Å². The minimum Gasteiger partial charge on any atom is -0.481 e. The van der Waals surface area contributed by atoms with Gasteiger partial charge in [-0.2, -0.15) is 13.2 Å². The lowest BCUT2D eigenvalue weighted by molar-refractivity contribution is -0.227. The molecular weight excluding hydrogens is 239 g/mol. The monoisotopic (exact) mass is 253 g/mol. The van der Waals surface area contributed by atoms with Crippen LogP contribution in [0.3, 0.4) is 0 Å². The van der Waals surface area contributed by atoms with Crippen molar-refractivity contribution >= 4 is 11.9 Å². The molecule has 1 N–H and O–H groups in total. The van der Waals surface area contributed by atoms with Gasteiger partial charge in [-0.1, -0.05) is 13.8 Å². The smallest absolute Gasteiger partial charge is 0.406 e. The van der Waals surface area contributed by atoms with Gasteiger partial charge < -0.3 is 10.0 Å². The van der Waals surface area contributed by atoms with Crippen molar-refractivity contribution in [2.45, 2.75) is 26.4 Å². The largest absolute Gasteiger partial charge is 0.481 e. The Balaban J connectivity index is 2.95. The van der Waals surface area contributed by atoms with Crippen molar-refractivity contribution < 1.29 is 27.9 Å². The Morgan fingerprint density at radius 2 is 1.88 bits per heavy atom. The summed E-state index contributed by atoms with van der Waals surface area (Å²) in [6.07, 6.45) is -5.42. The number of hydrogen-bond donors (Lipinski definition) is 1. The second kappa shape index (κ2) is 4.19. The van der Waals surface area contributed by atoms with E-state index in [1.165, 1.54) is 0 Å². The lowest BCUT2D eigenvalue weighted by Gasteiger charge is -2.27. The third kappa shape index (κ3) is 2.23. The van der Waals surface area contributed by atoms with E-state index in [0.29, 0.717) is 0 Å². The van der Waals surface area contributed by atoms with Gasteiger partial charge in [0.25, 0.3) is 0 Å². The van der Waals surface area contributed by atoms with Gasteiger partial charge in [0.15, 0.2) is 5.41 Å². The maximum Gasteiger partial charge on any atom is 0.406 e. The highest BCUT2D eigenvalue weighted by Gasteiger charge is 2.64. The lowest BCUT2D eigenvalue weighted by Crippen LogP contribution is -2.48. The highest BCUT2D eigenvalue weighted by Crippen LogP contribution is 2.45. The number of aliphatic carboxylic acids is 1. The summed E-state index contributed by atoms with van der Waals surface area (Å²) in [5, 5.41) is 8.78. The van der Waals surface area contributed by atoms with Crippen LogP contribution in [-0.4, -0.2) is 41.1 Å². The van der Waals surface area contributed by atoms with Crippen molar-refractivity contribution in [1.82, 2.24) is 4.90 Å². The average molecular weight is 253 g/mol. The first-order valence-electron chi connectivity index (χ1n) is 5.21. The molecule has 1 fully saturated rings. The molecular formula is C10H14F3NO3. The summed E-state index contributed by atoms with van der Waals surface area (Å²) in [5.41, 5.74) is -2.81. The molecule has 0 saturated carbocycles. The zero-order valence-corrected chi connectivity index (χ0v) is 9.54. The minimum atomic E-state index is -4.84. The maximum atomic E-state index is 12.8. The first kappa shape index (κ1) is 13.8. The highest BCUT2D eigenvalue weighted by atomic mass is 19.4. The summed E-state index contributed by atoms with van der Waals surface area (Å²) in [6, 6.07) is 0. The molecule has 1 rings (SSSR count). The molecule has 0 aromatic heterocycles. The molecule has 17 heavy (non-hydrogen) atoms. The predicted molar refractivity (Wildman–Crippen MR) is 52.2 cm³/mol. The molecule has 1 amide bonds. The van der Waals surface area contributed by atoms with E-state index in [1.807, 2.05) is 0 Å². The zero-order valence-electron chi connectivity index (χ0n) is 9.54. The third-order valence-corrected chi connectivity index (χ3v) is 3.03. The summed E-state index contributed by atoms with van der Waals surface area (Å²) < 4.78 is 38.4. The number of likely N-dealkylation sites (tertiary alicyclic amines) is 1. The van der Waals surface area contributed by atoms with Crippen molar-refractivity contribution in [3.05, 3.63) is 0 Å². The molecule has 0 radical (unpaired) electrons. The molecule has 1 unspecified atom stereocenters. The van der Waals surface area contributed by atoms with Crippen molar-refractivity contribution in [2.24, 2.45) is 11.3 Å². The average Bonchev–Trinajstić information content (AvgIpc) is 2.60. The van der Waals surface area contributed by atoms with Gasteiger partial charge in [0.1, 0.15) is 0 Å². The van der Waals surface area contributed by atoms with E-state index in [0.717, 1.165) is 4.90 Å².